The van der Waals surface area contributed by atoms with E-state index in [-0.39, 0.29) is 6.42 Å². The number of alkyl halides is 3. The average Bonchev–Trinajstić information content (AvgIpc) is 3.16. The molecule has 1 atom stereocenters. The van der Waals surface area contributed by atoms with Crippen molar-refractivity contribution in [2.75, 3.05) is 33.4 Å². The van der Waals surface area contributed by atoms with Crippen molar-refractivity contribution in [3.05, 3.63) is 29.3 Å². The molecule has 8 heteroatoms. The zero-order valence-corrected chi connectivity index (χ0v) is 16.6. The van der Waals surface area contributed by atoms with Crippen molar-refractivity contribution in [2.24, 2.45) is 10.9 Å². The van der Waals surface area contributed by atoms with Gasteiger partial charge in [-0.15, -0.1) is 0 Å². The Balaban J connectivity index is 1.79. The van der Waals surface area contributed by atoms with Crippen LogP contribution in [0.15, 0.2) is 23.2 Å². The summed E-state index contributed by atoms with van der Waals surface area (Å²) in [5, 5.41) is 6.24. The summed E-state index contributed by atoms with van der Waals surface area (Å²) in [6.45, 7) is 5.13. The van der Waals surface area contributed by atoms with Crippen LogP contribution in [0, 0.1) is 12.8 Å². The fourth-order valence-electron chi connectivity index (χ4n) is 2.92. The van der Waals surface area contributed by atoms with Crippen LogP contribution < -0.4 is 15.4 Å². The molecule has 1 saturated heterocycles. The summed E-state index contributed by atoms with van der Waals surface area (Å²) < 4.78 is 47.9. The summed E-state index contributed by atoms with van der Waals surface area (Å²) in [4.78, 5) is 4.12. The molecule has 1 fully saturated rings. The Morgan fingerprint density at radius 2 is 2.11 bits per heavy atom. The first kappa shape index (κ1) is 22.3. The lowest BCUT2D eigenvalue weighted by molar-refractivity contribution is -0.135. The molecule has 0 spiro atoms. The second-order valence-corrected chi connectivity index (χ2v) is 7.08. The van der Waals surface area contributed by atoms with Gasteiger partial charge in [-0.05, 0) is 37.8 Å². The minimum absolute atomic E-state index is 0.105. The zero-order chi connectivity index (χ0) is 20.4. The van der Waals surface area contributed by atoms with E-state index in [9.17, 15) is 13.2 Å². The lowest BCUT2D eigenvalue weighted by atomic mass is 10.1. The summed E-state index contributed by atoms with van der Waals surface area (Å²) in [5.74, 6) is 1.82. The highest BCUT2D eigenvalue weighted by Crippen LogP contribution is 2.23. The van der Waals surface area contributed by atoms with E-state index in [1.54, 1.807) is 7.05 Å². The van der Waals surface area contributed by atoms with E-state index in [4.69, 9.17) is 9.47 Å². The molecule has 1 aromatic carbocycles. The van der Waals surface area contributed by atoms with Gasteiger partial charge < -0.3 is 20.1 Å². The van der Waals surface area contributed by atoms with Crippen molar-refractivity contribution in [1.82, 2.24) is 10.6 Å². The molecule has 0 aromatic heterocycles. The van der Waals surface area contributed by atoms with Crippen LogP contribution in [0.25, 0.3) is 0 Å². The normalized spacial score (nSPS) is 17.6. The lowest BCUT2D eigenvalue weighted by Crippen LogP contribution is -2.37. The molecule has 1 aliphatic rings. The van der Waals surface area contributed by atoms with Crippen LogP contribution in [0.2, 0.25) is 0 Å². The van der Waals surface area contributed by atoms with E-state index in [2.05, 4.69) is 15.6 Å². The first-order chi connectivity index (χ1) is 13.4. The number of ether oxygens (including phenoxy) is 2. The standard InChI is InChI=1S/C20H30F3N3O2/c1-15-5-6-17(18(11-15)28-14-16-7-10-27-13-16)12-26-19(24-2)25-9-4-3-8-20(21,22)23/h5-6,11,16H,3-4,7-10,12-14H2,1-2H3,(H2,24,25,26). The molecule has 0 bridgehead atoms. The average molecular weight is 401 g/mol. The Morgan fingerprint density at radius 1 is 1.29 bits per heavy atom. The maximum absolute atomic E-state index is 12.2. The van der Waals surface area contributed by atoms with E-state index in [1.807, 2.05) is 25.1 Å². The van der Waals surface area contributed by atoms with E-state index in [0.29, 0.717) is 38.0 Å². The molecule has 1 aromatic rings. The maximum Gasteiger partial charge on any atom is 0.389 e. The predicted octanol–water partition coefficient (Wildman–Crippen LogP) is 3.81. The number of nitrogens with one attached hydrogen (secondary N) is 2. The Hall–Kier alpha value is -1.96. The van der Waals surface area contributed by atoms with Crippen LogP contribution >= 0.6 is 0 Å². The summed E-state index contributed by atoms with van der Waals surface area (Å²) in [7, 11) is 1.64. The second kappa shape index (κ2) is 11.1. The van der Waals surface area contributed by atoms with Gasteiger partial charge in [0.25, 0.3) is 0 Å². The number of aryl methyl sites for hydroxylation is 1. The Kier molecular flexibility index (Phi) is 8.89. The number of rotatable bonds is 9. The number of unbranched alkanes of at least 4 members (excludes halogenated alkanes) is 1. The molecule has 28 heavy (non-hydrogen) atoms. The van der Waals surface area contributed by atoms with Gasteiger partial charge in [0.15, 0.2) is 5.96 Å². The van der Waals surface area contributed by atoms with Gasteiger partial charge in [-0.2, -0.15) is 13.2 Å². The molecule has 2 rings (SSSR count). The third-order valence-corrected chi connectivity index (χ3v) is 4.57. The van der Waals surface area contributed by atoms with Gasteiger partial charge in [-0.3, -0.25) is 4.99 Å². The fraction of sp³-hybridized carbons (Fsp3) is 0.650. The number of aliphatic imine (C=N–C) groups is 1. The van der Waals surface area contributed by atoms with Crippen LogP contribution in [-0.4, -0.2) is 45.5 Å². The summed E-state index contributed by atoms with van der Waals surface area (Å²) in [6, 6.07) is 6.05. The minimum atomic E-state index is -4.09. The minimum Gasteiger partial charge on any atom is -0.493 e. The second-order valence-electron chi connectivity index (χ2n) is 7.08. The van der Waals surface area contributed by atoms with Crippen molar-refractivity contribution in [2.45, 2.75) is 45.3 Å². The van der Waals surface area contributed by atoms with Gasteiger partial charge in [-0.1, -0.05) is 12.1 Å². The molecule has 158 valence electrons. The van der Waals surface area contributed by atoms with Gasteiger partial charge >= 0.3 is 6.18 Å². The first-order valence-electron chi connectivity index (χ1n) is 9.68. The van der Waals surface area contributed by atoms with Crippen LogP contribution in [-0.2, 0) is 11.3 Å². The highest BCUT2D eigenvalue weighted by molar-refractivity contribution is 5.79. The Morgan fingerprint density at radius 3 is 2.79 bits per heavy atom. The molecular weight excluding hydrogens is 371 g/mol. The third kappa shape index (κ3) is 8.37. The van der Waals surface area contributed by atoms with E-state index < -0.39 is 12.6 Å². The Labute approximate surface area is 164 Å². The first-order valence-corrected chi connectivity index (χ1v) is 9.68. The fourth-order valence-corrected chi connectivity index (χ4v) is 2.92. The molecule has 0 amide bonds. The molecular formula is C20H30F3N3O2. The van der Waals surface area contributed by atoms with Gasteiger partial charge in [0, 0.05) is 44.6 Å². The number of guanidine groups is 1. The maximum atomic E-state index is 12.2. The molecule has 2 N–H and O–H groups in total. The van der Waals surface area contributed by atoms with Crippen LogP contribution in [0.1, 0.15) is 36.8 Å². The summed E-state index contributed by atoms with van der Waals surface area (Å²) in [5.41, 5.74) is 2.12. The monoisotopic (exact) mass is 401 g/mol. The number of hydrogen-bond donors (Lipinski definition) is 2. The Bertz CT molecular complexity index is 630. The number of nitrogens with zero attached hydrogens (tertiary/aromatic N) is 1. The van der Waals surface area contributed by atoms with E-state index in [1.165, 1.54) is 0 Å². The SMILES string of the molecule is CN=C(NCCCCC(F)(F)F)NCc1ccc(C)cc1OCC1CCOC1. The lowest BCUT2D eigenvalue weighted by Gasteiger charge is -2.17. The van der Waals surface area contributed by atoms with Crippen LogP contribution in [0.3, 0.4) is 0 Å². The van der Waals surface area contributed by atoms with E-state index in [0.717, 1.165) is 36.5 Å². The molecule has 0 saturated carbocycles. The number of halogens is 3. The van der Waals surface area contributed by atoms with Crippen LogP contribution in [0.4, 0.5) is 13.2 Å². The van der Waals surface area contributed by atoms with Crippen molar-refractivity contribution >= 4 is 5.96 Å². The van der Waals surface area contributed by atoms with Crippen molar-refractivity contribution in [1.29, 1.82) is 0 Å². The summed E-state index contributed by atoms with van der Waals surface area (Å²) in [6.07, 6.45) is -3.29. The highest BCUT2D eigenvalue weighted by atomic mass is 19.4. The van der Waals surface area contributed by atoms with Crippen LogP contribution in [0.5, 0.6) is 5.75 Å². The van der Waals surface area contributed by atoms with Crippen molar-refractivity contribution in [3.63, 3.8) is 0 Å². The number of hydrogen-bond acceptors (Lipinski definition) is 3. The smallest absolute Gasteiger partial charge is 0.389 e. The van der Waals surface area contributed by atoms with Crippen molar-refractivity contribution in [3.8, 4) is 5.75 Å². The van der Waals surface area contributed by atoms with E-state index >= 15 is 0 Å². The van der Waals surface area contributed by atoms with Gasteiger partial charge in [0.1, 0.15) is 5.75 Å². The topological polar surface area (TPSA) is 54.9 Å². The molecule has 1 unspecified atom stereocenters. The molecule has 1 aliphatic heterocycles. The molecule has 0 radical (unpaired) electrons. The quantitative estimate of drug-likeness (QED) is 0.375. The highest BCUT2D eigenvalue weighted by Gasteiger charge is 2.25. The summed E-state index contributed by atoms with van der Waals surface area (Å²) >= 11 is 0. The van der Waals surface area contributed by atoms with Crippen molar-refractivity contribution < 1.29 is 22.6 Å². The van der Waals surface area contributed by atoms with Gasteiger partial charge in [-0.25, -0.2) is 0 Å². The van der Waals surface area contributed by atoms with Gasteiger partial charge in [0.05, 0.1) is 13.2 Å². The largest absolute Gasteiger partial charge is 0.493 e. The molecule has 5 nitrogen and oxygen atoms in total. The predicted molar refractivity (Wildman–Crippen MR) is 104 cm³/mol. The zero-order valence-electron chi connectivity index (χ0n) is 16.6. The third-order valence-electron chi connectivity index (χ3n) is 4.57. The van der Waals surface area contributed by atoms with Gasteiger partial charge in [0.2, 0.25) is 0 Å². The molecule has 1 heterocycles. The number of benzene rings is 1. The molecule has 0 aliphatic carbocycles.